The van der Waals surface area contributed by atoms with Gasteiger partial charge in [0, 0.05) is 11.5 Å². The molecule has 3 atom stereocenters. The molecule has 1 aromatic rings. The van der Waals surface area contributed by atoms with Gasteiger partial charge in [-0.15, -0.1) is 0 Å². The molecular formula is C15H20O2. The molecule has 1 saturated heterocycles. The maximum Gasteiger partial charge on any atom is 0.125 e. The van der Waals surface area contributed by atoms with Crippen LogP contribution in [0.4, 0.5) is 0 Å². The van der Waals surface area contributed by atoms with E-state index >= 15 is 0 Å². The highest BCUT2D eigenvalue weighted by Crippen LogP contribution is 2.50. The third-order valence-corrected chi connectivity index (χ3v) is 4.12. The summed E-state index contributed by atoms with van der Waals surface area (Å²) in [6.45, 7) is 6.53. The van der Waals surface area contributed by atoms with Gasteiger partial charge < -0.3 is 9.47 Å². The molecule has 2 heterocycles. The molecule has 2 aliphatic heterocycles. The van der Waals surface area contributed by atoms with Gasteiger partial charge in [-0.3, -0.25) is 0 Å². The maximum atomic E-state index is 6.17. The van der Waals surface area contributed by atoms with Crippen molar-refractivity contribution in [2.75, 3.05) is 0 Å². The molecule has 2 aliphatic rings. The van der Waals surface area contributed by atoms with E-state index in [-0.39, 0.29) is 11.7 Å². The van der Waals surface area contributed by atoms with Gasteiger partial charge in [-0.05, 0) is 39.7 Å². The van der Waals surface area contributed by atoms with Crippen molar-refractivity contribution in [1.29, 1.82) is 0 Å². The summed E-state index contributed by atoms with van der Waals surface area (Å²) < 4.78 is 12.3. The standard InChI is InChI=1S/C15H20O2/c1-10-8-9-12-14(16-10)11-6-4-5-7-13(11)17-15(12,2)3/h4-7,10,12,14H,8-9H2,1-3H3/t10-,12-,14-/m0/s1. The van der Waals surface area contributed by atoms with Gasteiger partial charge in [-0.2, -0.15) is 0 Å². The first-order valence-corrected chi connectivity index (χ1v) is 6.51. The molecule has 0 spiro atoms. The Kier molecular flexibility index (Phi) is 2.44. The van der Waals surface area contributed by atoms with Crippen molar-refractivity contribution in [2.24, 2.45) is 5.92 Å². The summed E-state index contributed by atoms with van der Waals surface area (Å²) in [5, 5.41) is 0. The lowest BCUT2D eigenvalue weighted by atomic mass is 9.75. The monoisotopic (exact) mass is 232 g/mol. The van der Waals surface area contributed by atoms with Gasteiger partial charge in [0.2, 0.25) is 0 Å². The summed E-state index contributed by atoms with van der Waals surface area (Å²) in [6, 6.07) is 8.29. The molecule has 0 saturated carbocycles. The fourth-order valence-electron chi connectivity index (χ4n) is 3.15. The second-order valence-electron chi connectivity index (χ2n) is 5.79. The predicted octanol–water partition coefficient (Wildman–Crippen LogP) is 3.71. The van der Waals surface area contributed by atoms with Crippen LogP contribution in [0.2, 0.25) is 0 Å². The summed E-state index contributed by atoms with van der Waals surface area (Å²) in [7, 11) is 0. The number of hydrogen-bond acceptors (Lipinski definition) is 2. The first-order chi connectivity index (χ1) is 8.08. The van der Waals surface area contributed by atoms with Crippen LogP contribution >= 0.6 is 0 Å². The lowest BCUT2D eigenvalue weighted by Gasteiger charge is -2.48. The van der Waals surface area contributed by atoms with Crippen LogP contribution in [0.3, 0.4) is 0 Å². The third-order valence-electron chi connectivity index (χ3n) is 4.12. The van der Waals surface area contributed by atoms with Crippen molar-refractivity contribution in [1.82, 2.24) is 0 Å². The summed E-state index contributed by atoms with van der Waals surface area (Å²) >= 11 is 0. The first kappa shape index (κ1) is 11.1. The van der Waals surface area contributed by atoms with Crippen LogP contribution in [0.5, 0.6) is 5.75 Å². The Morgan fingerprint density at radius 3 is 2.76 bits per heavy atom. The van der Waals surface area contributed by atoms with Crippen molar-refractivity contribution in [3.05, 3.63) is 29.8 Å². The van der Waals surface area contributed by atoms with Gasteiger partial charge in [0.1, 0.15) is 11.4 Å². The highest BCUT2D eigenvalue weighted by atomic mass is 16.5. The molecule has 0 radical (unpaired) electrons. The molecule has 0 amide bonds. The van der Waals surface area contributed by atoms with Crippen molar-refractivity contribution >= 4 is 0 Å². The van der Waals surface area contributed by atoms with Crippen molar-refractivity contribution in [3.63, 3.8) is 0 Å². The summed E-state index contributed by atoms with van der Waals surface area (Å²) in [5.74, 6) is 1.46. The van der Waals surface area contributed by atoms with Crippen LogP contribution in [0.1, 0.15) is 45.3 Å². The SMILES string of the molecule is C[C@H]1CC[C@H]2[C@@H](O1)c1ccccc1OC2(C)C. The van der Waals surface area contributed by atoms with E-state index in [4.69, 9.17) is 9.47 Å². The fourth-order valence-corrected chi connectivity index (χ4v) is 3.15. The van der Waals surface area contributed by atoms with Gasteiger partial charge in [-0.1, -0.05) is 18.2 Å². The Morgan fingerprint density at radius 1 is 1.18 bits per heavy atom. The average molecular weight is 232 g/mol. The molecular weight excluding hydrogens is 212 g/mol. The van der Waals surface area contributed by atoms with Gasteiger partial charge in [-0.25, -0.2) is 0 Å². The number of para-hydroxylation sites is 1. The number of fused-ring (bicyclic) bond motifs is 3. The molecule has 1 fully saturated rings. The van der Waals surface area contributed by atoms with Crippen LogP contribution in [0.25, 0.3) is 0 Å². The van der Waals surface area contributed by atoms with E-state index < -0.39 is 0 Å². The second-order valence-corrected chi connectivity index (χ2v) is 5.79. The molecule has 0 aromatic heterocycles. The zero-order valence-electron chi connectivity index (χ0n) is 10.8. The van der Waals surface area contributed by atoms with Crippen LogP contribution in [-0.2, 0) is 4.74 Å². The number of hydrogen-bond donors (Lipinski definition) is 0. The highest BCUT2D eigenvalue weighted by Gasteiger charge is 2.46. The molecule has 0 aliphatic carbocycles. The Balaban J connectivity index is 2.05. The highest BCUT2D eigenvalue weighted by molar-refractivity contribution is 5.39. The Labute approximate surface area is 103 Å². The van der Waals surface area contributed by atoms with E-state index in [1.165, 1.54) is 12.0 Å². The largest absolute Gasteiger partial charge is 0.487 e. The van der Waals surface area contributed by atoms with E-state index in [0.29, 0.717) is 12.0 Å². The van der Waals surface area contributed by atoms with Gasteiger partial charge in [0.15, 0.2) is 0 Å². The Morgan fingerprint density at radius 2 is 1.94 bits per heavy atom. The quantitative estimate of drug-likeness (QED) is 0.679. The predicted molar refractivity (Wildman–Crippen MR) is 67.2 cm³/mol. The Bertz CT molecular complexity index is 425. The topological polar surface area (TPSA) is 18.5 Å². The van der Waals surface area contributed by atoms with Crippen molar-refractivity contribution in [2.45, 2.75) is 51.4 Å². The van der Waals surface area contributed by atoms with E-state index in [1.807, 2.05) is 6.07 Å². The molecule has 2 heteroatoms. The molecule has 1 aromatic carbocycles. The van der Waals surface area contributed by atoms with E-state index in [9.17, 15) is 0 Å². The van der Waals surface area contributed by atoms with Crippen LogP contribution in [-0.4, -0.2) is 11.7 Å². The number of ether oxygens (including phenoxy) is 2. The minimum atomic E-state index is -0.126. The van der Waals surface area contributed by atoms with E-state index in [1.54, 1.807) is 0 Å². The summed E-state index contributed by atoms with van der Waals surface area (Å²) in [5.41, 5.74) is 1.10. The number of rotatable bonds is 0. The van der Waals surface area contributed by atoms with Crippen LogP contribution < -0.4 is 4.74 Å². The molecule has 3 rings (SSSR count). The molecule has 17 heavy (non-hydrogen) atoms. The summed E-state index contributed by atoms with van der Waals surface area (Å²) in [6.07, 6.45) is 2.89. The maximum absolute atomic E-state index is 6.17. The first-order valence-electron chi connectivity index (χ1n) is 6.51. The molecule has 0 bridgehead atoms. The molecule has 0 unspecified atom stereocenters. The van der Waals surface area contributed by atoms with Crippen molar-refractivity contribution in [3.8, 4) is 5.75 Å². The van der Waals surface area contributed by atoms with Gasteiger partial charge in [0.05, 0.1) is 12.2 Å². The average Bonchev–Trinajstić information content (AvgIpc) is 2.28. The van der Waals surface area contributed by atoms with E-state index in [0.717, 1.165) is 12.2 Å². The summed E-state index contributed by atoms with van der Waals surface area (Å²) in [4.78, 5) is 0. The fraction of sp³-hybridized carbons (Fsp3) is 0.600. The van der Waals surface area contributed by atoms with Crippen molar-refractivity contribution < 1.29 is 9.47 Å². The molecule has 2 nitrogen and oxygen atoms in total. The van der Waals surface area contributed by atoms with Gasteiger partial charge >= 0.3 is 0 Å². The molecule has 92 valence electrons. The Hall–Kier alpha value is -1.02. The third kappa shape index (κ3) is 1.75. The van der Waals surface area contributed by atoms with E-state index in [2.05, 4.69) is 39.0 Å². The molecule has 0 N–H and O–H groups in total. The lowest BCUT2D eigenvalue weighted by Crippen LogP contribution is -2.48. The van der Waals surface area contributed by atoms with Gasteiger partial charge in [0.25, 0.3) is 0 Å². The van der Waals surface area contributed by atoms with Crippen LogP contribution in [0, 0.1) is 5.92 Å². The normalized spacial score (nSPS) is 34.4. The second kappa shape index (κ2) is 3.74. The zero-order chi connectivity index (χ0) is 12.0. The minimum absolute atomic E-state index is 0.126. The minimum Gasteiger partial charge on any atom is -0.487 e. The lowest BCUT2D eigenvalue weighted by molar-refractivity contribution is -0.144. The zero-order valence-corrected chi connectivity index (χ0v) is 10.8. The number of benzene rings is 1. The smallest absolute Gasteiger partial charge is 0.125 e. The van der Waals surface area contributed by atoms with Crippen LogP contribution in [0.15, 0.2) is 24.3 Å².